The monoisotopic (exact) mass is 355 g/mol. The lowest BCUT2D eigenvalue weighted by molar-refractivity contribution is -0.133. The second-order valence-electron chi connectivity index (χ2n) is 5.77. The van der Waals surface area contributed by atoms with E-state index in [0.717, 1.165) is 36.4 Å². The smallest absolute Gasteiger partial charge is 0.231 e. The van der Waals surface area contributed by atoms with Crippen molar-refractivity contribution >= 4 is 45.8 Å². The van der Waals surface area contributed by atoms with Gasteiger partial charge in [-0.15, -0.1) is 23.4 Å². The Hall–Kier alpha value is -0.640. The molecule has 3 rings (SSSR count). The highest BCUT2D eigenvalue weighted by Crippen LogP contribution is 2.45. The van der Waals surface area contributed by atoms with Crippen LogP contribution < -0.4 is 0 Å². The van der Waals surface area contributed by atoms with E-state index >= 15 is 0 Å². The Balaban J connectivity index is 1.75. The Kier molecular flexibility index (Phi) is 5.37. The van der Waals surface area contributed by atoms with E-state index in [1.807, 2.05) is 35.2 Å². The zero-order valence-electron chi connectivity index (χ0n) is 12.3. The molecule has 0 bridgehead atoms. The van der Waals surface area contributed by atoms with Crippen molar-refractivity contribution in [3.05, 3.63) is 40.9 Å². The van der Waals surface area contributed by atoms with Crippen molar-refractivity contribution in [1.29, 1.82) is 0 Å². The molecule has 22 heavy (non-hydrogen) atoms. The van der Waals surface area contributed by atoms with Gasteiger partial charge in [0.25, 0.3) is 0 Å². The van der Waals surface area contributed by atoms with Crippen LogP contribution in [0.3, 0.4) is 0 Å². The molecule has 2 aliphatic rings. The first-order valence-electron chi connectivity index (χ1n) is 7.72. The number of carbonyl (C=O) groups excluding carboxylic acids is 1. The normalized spacial score (nSPS) is 25.7. The summed E-state index contributed by atoms with van der Waals surface area (Å²) in [5, 5.41) is 0.715. The third kappa shape index (κ3) is 3.64. The first-order chi connectivity index (χ1) is 10.6. The van der Waals surface area contributed by atoms with Crippen LogP contribution in [-0.2, 0) is 4.79 Å². The molecular formula is C17H19Cl2NOS. The van der Waals surface area contributed by atoms with E-state index < -0.39 is 0 Å². The molecule has 0 N–H and O–H groups in total. The number of benzene rings is 1. The SMILES string of the molecule is O=C(C1C=C(c2ccc(Cl)cc2)SC1Cl)N1CCCCCC1. The molecule has 1 aromatic rings. The van der Waals surface area contributed by atoms with Gasteiger partial charge in [0.15, 0.2) is 0 Å². The molecule has 2 heterocycles. The lowest BCUT2D eigenvalue weighted by Crippen LogP contribution is -2.37. The molecule has 1 amide bonds. The Morgan fingerprint density at radius 1 is 1.09 bits per heavy atom. The number of carbonyl (C=O) groups is 1. The number of likely N-dealkylation sites (tertiary alicyclic amines) is 1. The number of thioether (sulfide) groups is 1. The second kappa shape index (κ2) is 7.29. The predicted molar refractivity (Wildman–Crippen MR) is 95.2 cm³/mol. The molecule has 1 aromatic carbocycles. The minimum absolute atomic E-state index is 0.179. The zero-order valence-corrected chi connectivity index (χ0v) is 14.6. The largest absolute Gasteiger partial charge is 0.342 e. The van der Waals surface area contributed by atoms with Crippen molar-refractivity contribution in [2.24, 2.45) is 5.92 Å². The number of halogens is 2. The summed E-state index contributed by atoms with van der Waals surface area (Å²) in [5.74, 6) is -0.0474. The predicted octanol–water partition coefficient (Wildman–Crippen LogP) is 5.01. The number of hydrogen-bond donors (Lipinski definition) is 0. The number of nitrogens with zero attached hydrogens (tertiary/aromatic N) is 1. The highest BCUT2D eigenvalue weighted by molar-refractivity contribution is 8.10. The van der Waals surface area contributed by atoms with Gasteiger partial charge in [-0.1, -0.05) is 42.7 Å². The molecule has 0 saturated carbocycles. The Morgan fingerprint density at radius 3 is 2.36 bits per heavy atom. The molecule has 1 saturated heterocycles. The fourth-order valence-corrected chi connectivity index (χ4v) is 4.61. The maximum atomic E-state index is 12.8. The fraction of sp³-hybridized carbons (Fsp3) is 0.471. The van der Waals surface area contributed by atoms with E-state index in [1.165, 1.54) is 12.8 Å². The summed E-state index contributed by atoms with van der Waals surface area (Å²) >= 11 is 13.9. The van der Waals surface area contributed by atoms with Crippen molar-refractivity contribution < 1.29 is 4.79 Å². The van der Waals surface area contributed by atoms with Crippen LogP contribution in [-0.4, -0.2) is 28.6 Å². The Labute approximate surface area is 145 Å². The first kappa shape index (κ1) is 16.2. The van der Waals surface area contributed by atoms with E-state index in [0.29, 0.717) is 5.02 Å². The molecule has 0 aliphatic carbocycles. The van der Waals surface area contributed by atoms with Gasteiger partial charge in [-0.3, -0.25) is 4.79 Å². The molecule has 2 atom stereocenters. The topological polar surface area (TPSA) is 20.3 Å². The first-order valence-corrected chi connectivity index (χ1v) is 9.42. The summed E-state index contributed by atoms with van der Waals surface area (Å²) in [6.45, 7) is 1.74. The van der Waals surface area contributed by atoms with Gasteiger partial charge in [-0.05, 0) is 30.5 Å². The summed E-state index contributed by atoms with van der Waals surface area (Å²) in [4.78, 5) is 15.8. The number of amides is 1. The van der Waals surface area contributed by atoms with Crippen LogP contribution in [0.15, 0.2) is 30.3 Å². The lowest BCUT2D eigenvalue weighted by atomic mass is 10.1. The summed E-state index contributed by atoms with van der Waals surface area (Å²) in [6.07, 6.45) is 6.68. The minimum Gasteiger partial charge on any atom is -0.342 e. The molecule has 2 unspecified atom stereocenters. The van der Waals surface area contributed by atoms with Crippen LogP contribution in [0.5, 0.6) is 0 Å². The van der Waals surface area contributed by atoms with Crippen LogP contribution >= 0.6 is 35.0 Å². The highest BCUT2D eigenvalue weighted by atomic mass is 35.5. The molecule has 118 valence electrons. The van der Waals surface area contributed by atoms with Gasteiger partial charge in [0.05, 0.1) is 10.6 Å². The molecular weight excluding hydrogens is 337 g/mol. The van der Waals surface area contributed by atoms with Gasteiger partial charge in [-0.2, -0.15) is 0 Å². The van der Waals surface area contributed by atoms with Crippen LogP contribution in [0.2, 0.25) is 5.02 Å². The minimum atomic E-state index is -0.226. The highest BCUT2D eigenvalue weighted by Gasteiger charge is 2.35. The average Bonchev–Trinajstić information content (AvgIpc) is 2.74. The van der Waals surface area contributed by atoms with Crippen molar-refractivity contribution in [2.45, 2.75) is 30.4 Å². The van der Waals surface area contributed by atoms with Crippen LogP contribution in [0.1, 0.15) is 31.2 Å². The van der Waals surface area contributed by atoms with E-state index in [-0.39, 0.29) is 16.5 Å². The summed E-state index contributed by atoms with van der Waals surface area (Å²) in [7, 11) is 0. The van der Waals surface area contributed by atoms with Crippen molar-refractivity contribution in [2.75, 3.05) is 13.1 Å². The molecule has 0 radical (unpaired) electrons. The van der Waals surface area contributed by atoms with Crippen LogP contribution in [0.25, 0.3) is 4.91 Å². The van der Waals surface area contributed by atoms with Crippen LogP contribution in [0.4, 0.5) is 0 Å². The number of alkyl halides is 1. The van der Waals surface area contributed by atoms with Crippen molar-refractivity contribution in [1.82, 2.24) is 4.90 Å². The van der Waals surface area contributed by atoms with E-state index in [1.54, 1.807) is 11.8 Å². The quantitative estimate of drug-likeness (QED) is 0.694. The third-order valence-corrected chi connectivity index (χ3v) is 6.12. The van der Waals surface area contributed by atoms with E-state index in [9.17, 15) is 4.79 Å². The van der Waals surface area contributed by atoms with Crippen molar-refractivity contribution in [3.8, 4) is 0 Å². The second-order valence-corrected chi connectivity index (χ2v) is 8.12. The zero-order chi connectivity index (χ0) is 15.5. The number of rotatable bonds is 2. The van der Waals surface area contributed by atoms with Gasteiger partial charge in [0, 0.05) is 23.0 Å². The van der Waals surface area contributed by atoms with Crippen LogP contribution in [0, 0.1) is 5.92 Å². The Morgan fingerprint density at radius 2 is 1.73 bits per heavy atom. The molecule has 5 heteroatoms. The number of hydrogen-bond acceptors (Lipinski definition) is 2. The third-order valence-electron chi connectivity index (χ3n) is 4.18. The summed E-state index contributed by atoms with van der Waals surface area (Å²) < 4.78 is -0.221. The van der Waals surface area contributed by atoms with E-state index in [2.05, 4.69) is 0 Å². The van der Waals surface area contributed by atoms with Gasteiger partial charge in [0.2, 0.25) is 5.91 Å². The van der Waals surface area contributed by atoms with Gasteiger partial charge >= 0.3 is 0 Å². The molecule has 2 nitrogen and oxygen atoms in total. The van der Waals surface area contributed by atoms with E-state index in [4.69, 9.17) is 23.2 Å². The van der Waals surface area contributed by atoms with Gasteiger partial charge in [0.1, 0.15) is 0 Å². The molecule has 0 aromatic heterocycles. The average molecular weight is 356 g/mol. The lowest BCUT2D eigenvalue weighted by Gasteiger charge is -2.24. The van der Waals surface area contributed by atoms with Crippen molar-refractivity contribution in [3.63, 3.8) is 0 Å². The standard InChI is InChI=1S/C17H19Cl2NOS/c18-13-7-5-12(6-8-13)15-11-14(16(19)22-15)17(21)20-9-3-1-2-4-10-20/h5-8,11,14,16H,1-4,9-10H2. The maximum Gasteiger partial charge on any atom is 0.231 e. The Bertz CT molecular complexity index is 565. The molecule has 0 spiro atoms. The summed E-state index contributed by atoms with van der Waals surface area (Å²) in [5.41, 5.74) is 1.08. The van der Waals surface area contributed by atoms with Gasteiger partial charge in [-0.25, -0.2) is 0 Å². The fourth-order valence-electron chi connectivity index (χ4n) is 2.94. The molecule has 2 aliphatic heterocycles. The summed E-state index contributed by atoms with van der Waals surface area (Å²) in [6, 6.07) is 7.68. The maximum absolute atomic E-state index is 12.8. The molecule has 1 fully saturated rings. The van der Waals surface area contributed by atoms with Gasteiger partial charge < -0.3 is 4.90 Å².